The molecule has 0 radical (unpaired) electrons. The number of esters is 1. The highest BCUT2D eigenvalue weighted by molar-refractivity contribution is 7.17. The predicted molar refractivity (Wildman–Crippen MR) is 63.3 cm³/mol. The van der Waals surface area contributed by atoms with Gasteiger partial charge in [-0.05, 0) is 6.92 Å². The van der Waals surface area contributed by atoms with Crippen LogP contribution in [0.4, 0.5) is 5.13 Å². The lowest BCUT2D eigenvalue weighted by Crippen LogP contribution is -2.43. The van der Waals surface area contributed by atoms with E-state index in [-0.39, 0.29) is 5.97 Å². The van der Waals surface area contributed by atoms with Crippen LogP contribution in [0.25, 0.3) is 0 Å². The zero-order chi connectivity index (χ0) is 11.5. The number of ether oxygens (including phenoxy) is 1. The van der Waals surface area contributed by atoms with E-state index in [1.807, 2.05) is 6.92 Å². The molecular formula is C10H15N3O2S. The second-order valence-electron chi connectivity index (χ2n) is 3.64. The Hall–Kier alpha value is -1.14. The minimum absolute atomic E-state index is 0.295. The van der Waals surface area contributed by atoms with Crippen molar-refractivity contribution in [2.45, 2.75) is 6.92 Å². The number of thiazole rings is 1. The molecule has 0 spiro atoms. The summed E-state index contributed by atoms with van der Waals surface area (Å²) in [5.74, 6) is -0.295. The Bertz CT molecular complexity index is 385. The molecule has 0 amide bonds. The highest BCUT2D eigenvalue weighted by Gasteiger charge is 2.20. The van der Waals surface area contributed by atoms with Crippen LogP contribution in [0, 0.1) is 6.92 Å². The zero-order valence-electron chi connectivity index (χ0n) is 9.45. The van der Waals surface area contributed by atoms with Gasteiger partial charge in [0.1, 0.15) is 4.88 Å². The van der Waals surface area contributed by atoms with Crippen LogP contribution in [0.5, 0.6) is 0 Å². The lowest BCUT2D eigenvalue weighted by Gasteiger charge is -2.26. The number of hydrogen-bond donors (Lipinski definition) is 1. The maximum absolute atomic E-state index is 11.4. The molecule has 0 aromatic carbocycles. The van der Waals surface area contributed by atoms with Gasteiger partial charge in [0.2, 0.25) is 0 Å². The summed E-state index contributed by atoms with van der Waals surface area (Å²) < 4.78 is 4.72. The summed E-state index contributed by atoms with van der Waals surface area (Å²) in [6.45, 7) is 5.65. The molecule has 0 bridgehead atoms. The van der Waals surface area contributed by atoms with E-state index in [9.17, 15) is 4.79 Å². The Morgan fingerprint density at radius 1 is 1.50 bits per heavy atom. The number of methoxy groups -OCH3 is 1. The van der Waals surface area contributed by atoms with Crippen LogP contribution < -0.4 is 10.2 Å². The van der Waals surface area contributed by atoms with E-state index < -0.39 is 0 Å². The van der Waals surface area contributed by atoms with Crippen molar-refractivity contribution in [3.05, 3.63) is 10.6 Å². The Morgan fingerprint density at radius 2 is 2.19 bits per heavy atom. The molecule has 0 unspecified atom stereocenters. The number of carbonyl (C=O) groups excluding carboxylic acids is 1. The molecule has 1 N–H and O–H groups in total. The second kappa shape index (κ2) is 4.80. The summed E-state index contributed by atoms with van der Waals surface area (Å²) in [6.07, 6.45) is 0. The number of piperazine rings is 1. The smallest absolute Gasteiger partial charge is 0.350 e. The van der Waals surface area contributed by atoms with Crippen LogP contribution in [-0.4, -0.2) is 44.2 Å². The molecule has 88 valence electrons. The first kappa shape index (κ1) is 11.3. The van der Waals surface area contributed by atoms with Crippen molar-refractivity contribution in [3.8, 4) is 0 Å². The molecular weight excluding hydrogens is 226 g/mol. The average molecular weight is 241 g/mol. The molecule has 1 aliphatic heterocycles. The highest BCUT2D eigenvalue weighted by Crippen LogP contribution is 2.26. The van der Waals surface area contributed by atoms with Crippen molar-refractivity contribution in [1.82, 2.24) is 10.3 Å². The maximum Gasteiger partial charge on any atom is 0.350 e. The minimum Gasteiger partial charge on any atom is -0.465 e. The predicted octanol–water partition coefficient (Wildman–Crippen LogP) is 0.648. The quantitative estimate of drug-likeness (QED) is 0.770. The van der Waals surface area contributed by atoms with E-state index >= 15 is 0 Å². The largest absolute Gasteiger partial charge is 0.465 e. The van der Waals surface area contributed by atoms with Gasteiger partial charge >= 0.3 is 5.97 Å². The molecule has 1 aromatic rings. The molecule has 6 heteroatoms. The molecule has 2 rings (SSSR count). The maximum atomic E-state index is 11.4. The molecule has 16 heavy (non-hydrogen) atoms. The molecule has 0 atom stereocenters. The van der Waals surface area contributed by atoms with Crippen molar-refractivity contribution in [2.75, 3.05) is 38.2 Å². The molecule has 0 aliphatic carbocycles. The van der Waals surface area contributed by atoms with Gasteiger partial charge < -0.3 is 15.0 Å². The number of nitrogens with zero attached hydrogens (tertiary/aromatic N) is 2. The van der Waals surface area contributed by atoms with E-state index in [0.717, 1.165) is 37.0 Å². The number of aryl methyl sites for hydroxylation is 1. The summed E-state index contributed by atoms with van der Waals surface area (Å²) in [5.41, 5.74) is 0.755. The number of anilines is 1. The Kier molecular flexibility index (Phi) is 3.40. The highest BCUT2D eigenvalue weighted by atomic mass is 32.1. The van der Waals surface area contributed by atoms with Crippen molar-refractivity contribution in [1.29, 1.82) is 0 Å². The second-order valence-corrected chi connectivity index (χ2v) is 4.62. The molecule has 1 aromatic heterocycles. The summed E-state index contributed by atoms with van der Waals surface area (Å²) in [7, 11) is 1.39. The van der Waals surface area contributed by atoms with Crippen molar-refractivity contribution >= 4 is 22.4 Å². The number of aromatic nitrogens is 1. The van der Waals surface area contributed by atoms with Gasteiger partial charge in [0.05, 0.1) is 12.8 Å². The van der Waals surface area contributed by atoms with Gasteiger partial charge in [-0.2, -0.15) is 0 Å². The van der Waals surface area contributed by atoms with E-state index in [0.29, 0.717) is 4.88 Å². The van der Waals surface area contributed by atoms with Crippen LogP contribution in [0.3, 0.4) is 0 Å². The van der Waals surface area contributed by atoms with Gasteiger partial charge in [0, 0.05) is 26.2 Å². The Labute approximate surface area is 98.4 Å². The fourth-order valence-electron chi connectivity index (χ4n) is 1.66. The van der Waals surface area contributed by atoms with Crippen molar-refractivity contribution in [3.63, 3.8) is 0 Å². The van der Waals surface area contributed by atoms with E-state index in [4.69, 9.17) is 4.74 Å². The third-order valence-electron chi connectivity index (χ3n) is 2.54. The molecule has 5 nitrogen and oxygen atoms in total. The third kappa shape index (κ3) is 2.17. The van der Waals surface area contributed by atoms with Gasteiger partial charge in [-0.3, -0.25) is 0 Å². The fourth-order valence-corrected chi connectivity index (χ4v) is 2.69. The first-order valence-corrected chi connectivity index (χ1v) is 6.05. The van der Waals surface area contributed by atoms with Gasteiger partial charge in [0.15, 0.2) is 5.13 Å². The van der Waals surface area contributed by atoms with Gasteiger partial charge in [-0.25, -0.2) is 9.78 Å². The summed E-state index contributed by atoms with van der Waals surface area (Å²) in [5, 5.41) is 4.20. The van der Waals surface area contributed by atoms with E-state index in [2.05, 4.69) is 15.2 Å². The van der Waals surface area contributed by atoms with Gasteiger partial charge in [-0.1, -0.05) is 11.3 Å². The molecule has 2 heterocycles. The lowest BCUT2D eigenvalue weighted by atomic mass is 10.4. The lowest BCUT2D eigenvalue weighted by molar-refractivity contribution is 0.0605. The molecule has 1 saturated heterocycles. The standard InChI is InChI=1S/C10H15N3O2S/c1-7-8(9(14)15-2)16-10(12-7)13-5-3-11-4-6-13/h11H,3-6H2,1-2H3. The minimum atomic E-state index is -0.295. The first-order valence-electron chi connectivity index (χ1n) is 5.24. The topological polar surface area (TPSA) is 54.5 Å². The first-order chi connectivity index (χ1) is 7.72. The monoisotopic (exact) mass is 241 g/mol. The van der Waals surface area contributed by atoms with Crippen LogP contribution in [0.1, 0.15) is 15.4 Å². The third-order valence-corrected chi connectivity index (χ3v) is 3.74. The SMILES string of the molecule is COC(=O)c1sc(N2CCNCC2)nc1C. The van der Waals surface area contributed by atoms with Gasteiger partial charge in [-0.15, -0.1) is 0 Å². The van der Waals surface area contributed by atoms with Crippen LogP contribution in [0.2, 0.25) is 0 Å². The van der Waals surface area contributed by atoms with E-state index in [1.54, 1.807) is 0 Å². The molecule has 0 saturated carbocycles. The number of rotatable bonds is 2. The normalized spacial score (nSPS) is 16.2. The molecule has 1 fully saturated rings. The van der Waals surface area contributed by atoms with Crippen LogP contribution in [-0.2, 0) is 4.74 Å². The van der Waals surface area contributed by atoms with Crippen molar-refractivity contribution in [2.24, 2.45) is 0 Å². The van der Waals surface area contributed by atoms with Crippen molar-refractivity contribution < 1.29 is 9.53 Å². The number of carbonyl (C=O) groups is 1. The number of hydrogen-bond acceptors (Lipinski definition) is 6. The fraction of sp³-hybridized carbons (Fsp3) is 0.600. The summed E-state index contributed by atoms with van der Waals surface area (Å²) in [4.78, 5) is 18.7. The molecule has 1 aliphatic rings. The average Bonchev–Trinajstić information content (AvgIpc) is 2.71. The van der Waals surface area contributed by atoms with Crippen LogP contribution >= 0.6 is 11.3 Å². The Balaban J connectivity index is 2.19. The van der Waals surface area contributed by atoms with E-state index in [1.165, 1.54) is 18.4 Å². The summed E-state index contributed by atoms with van der Waals surface area (Å²) >= 11 is 1.41. The summed E-state index contributed by atoms with van der Waals surface area (Å²) in [6, 6.07) is 0. The Morgan fingerprint density at radius 3 is 2.81 bits per heavy atom. The number of nitrogens with one attached hydrogen (secondary N) is 1. The zero-order valence-corrected chi connectivity index (χ0v) is 10.3. The van der Waals surface area contributed by atoms with Crippen LogP contribution in [0.15, 0.2) is 0 Å². The van der Waals surface area contributed by atoms with Gasteiger partial charge in [0.25, 0.3) is 0 Å².